The van der Waals surface area contributed by atoms with Gasteiger partial charge in [0.25, 0.3) is 11.8 Å². The first-order chi connectivity index (χ1) is 19.1. The van der Waals surface area contributed by atoms with Crippen molar-refractivity contribution in [1.82, 2.24) is 15.5 Å². The van der Waals surface area contributed by atoms with Crippen molar-refractivity contribution in [3.8, 4) is 5.75 Å². The predicted octanol–water partition coefficient (Wildman–Crippen LogP) is 1.34. The monoisotopic (exact) mass is 596 g/mol. The Labute approximate surface area is 241 Å². The van der Waals surface area contributed by atoms with Crippen LogP contribution in [0.25, 0.3) is 0 Å². The second-order valence-corrected chi connectivity index (χ2v) is 12.0. The summed E-state index contributed by atoms with van der Waals surface area (Å²) in [5.41, 5.74) is -2.32. The molecule has 0 spiro atoms. The van der Waals surface area contributed by atoms with Crippen LogP contribution in [0.2, 0.25) is 0 Å². The van der Waals surface area contributed by atoms with Crippen molar-refractivity contribution in [2.45, 2.75) is 49.8 Å². The van der Waals surface area contributed by atoms with Crippen molar-refractivity contribution >= 4 is 27.9 Å². The number of sulfonamides is 1. The Morgan fingerprint density at radius 2 is 1.90 bits per heavy atom. The van der Waals surface area contributed by atoms with Gasteiger partial charge in [-0.05, 0) is 45.9 Å². The number of nitrogens with two attached hydrogens (primary N) is 1. The first-order valence-corrected chi connectivity index (χ1v) is 14.5. The fourth-order valence-electron chi connectivity index (χ4n) is 3.75. The van der Waals surface area contributed by atoms with Gasteiger partial charge in [-0.15, -0.1) is 6.58 Å². The molecular formula is C27H40N4O9S. The summed E-state index contributed by atoms with van der Waals surface area (Å²) in [5.74, 6) is -1.07. The number of nitrogens with one attached hydrogen (secondary N) is 2. The molecule has 2 rings (SSSR count). The molecule has 1 aliphatic heterocycles. The number of hydrogen-bond acceptors (Lipinski definition) is 9. The first kappa shape index (κ1) is 33.7. The summed E-state index contributed by atoms with van der Waals surface area (Å²) in [6.07, 6.45) is 2.41. The topological polar surface area (TPSA) is 176 Å². The van der Waals surface area contributed by atoms with Crippen LogP contribution in [0.3, 0.4) is 0 Å². The summed E-state index contributed by atoms with van der Waals surface area (Å²) < 4.78 is 46.0. The van der Waals surface area contributed by atoms with Gasteiger partial charge in [-0.3, -0.25) is 9.59 Å². The van der Waals surface area contributed by atoms with Crippen LogP contribution in [0.15, 0.2) is 48.4 Å². The number of benzene rings is 1. The molecule has 0 radical (unpaired) electrons. The van der Waals surface area contributed by atoms with Crippen molar-refractivity contribution in [2.75, 3.05) is 46.1 Å². The van der Waals surface area contributed by atoms with Gasteiger partial charge in [-0.25, -0.2) is 18.4 Å². The summed E-state index contributed by atoms with van der Waals surface area (Å²) in [7, 11) is -4.07. The number of morpholine rings is 1. The van der Waals surface area contributed by atoms with E-state index >= 15 is 0 Å². The van der Waals surface area contributed by atoms with Crippen molar-refractivity contribution in [2.24, 2.45) is 5.14 Å². The lowest BCUT2D eigenvalue weighted by Crippen LogP contribution is -2.64. The van der Waals surface area contributed by atoms with Gasteiger partial charge in [0.2, 0.25) is 10.0 Å². The van der Waals surface area contributed by atoms with Gasteiger partial charge >= 0.3 is 6.09 Å². The second kappa shape index (κ2) is 14.4. The van der Waals surface area contributed by atoms with Crippen LogP contribution in [-0.4, -0.2) is 94.5 Å². The van der Waals surface area contributed by atoms with Crippen molar-refractivity contribution in [1.29, 1.82) is 0 Å². The van der Waals surface area contributed by atoms with E-state index < -0.39 is 45.2 Å². The smallest absolute Gasteiger partial charge is 0.410 e. The van der Waals surface area contributed by atoms with Crippen molar-refractivity contribution in [3.63, 3.8) is 0 Å². The summed E-state index contributed by atoms with van der Waals surface area (Å²) in [4.78, 5) is 40.3. The highest BCUT2D eigenvalue weighted by Gasteiger charge is 2.46. The lowest BCUT2D eigenvalue weighted by Gasteiger charge is -2.41. The van der Waals surface area contributed by atoms with E-state index in [4.69, 9.17) is 24.1 Å². The molecule has 1 unspecified atom stereocenters. The highest BCUT2D eigenvalue weighted by atomic mass is 32.2. The van der Waals surface area contributed by atoms with E-state index in [1.165, 1.54) is 29.2 Å². The molecule has 1 aromatic rings. The highest BCUT2D eigenvalue weighted by Crippen LogP contribution is 2.24. The number of primary sulfonamides is 1. The number of amides is 3. The number of nitrogens with zero attached hydrogens (tertiary/aromatic N) is 1. The molecule has 1 heterocycles. The van der Waals surface area contributed by atoms with Gasteiger partial charge in [0, 0.05) is 19.1 Å². The minimum Gasteiger partial charge on any atom is -0.489 e. The van der Waals surface area contributed by atoms with Crippen LogP contribution in [-0.2, 0) is 29.0 Å². The molecule has 14 heteroatoms. The molecule has 0 aliphatic carbocycles. The maximum absolute atomic E-state index is 13.5. The number of rotatable bonds is 13. The zero-order valence-electron chi connectivity index (χ0n) is 23.9. The molecule has 41 heavy (non-hydrogen) atoms. The number of carbonyl (C=O) groups is 3. The van der Waals surface area contributed by atoms with Crippen molar-refractivity contribution < 1.29 is 41.7 Å². The zero-order chi connectivity index (χ0) is 30.8. The maximum atomic E-state index is 13.5. The minimum atomic E-state index is -4.07. The van der Waals surface area contributed by atoms with E-state index in [2.05, 4.69) is 23.8 Å². The normalized spacial score (nSPS) is 18.1. The van der Waals surface area contributed by atoms with Crippen LogP contribution in [0.1, 0.15) is 38.1 Å². The molecule has 4 N–H and O–H groups in total. The minimum absolute atomic E-state index is 0.0373. The lowest BCUT2D eigenvalue weighted by molar-refractivity contribution is -0.170. The molecule has 1 saturated heterocycles. The Morgan fingerprint density at radius 1 is 1.22 bits per heavy atom. The average Bonchev–Trinajstić information content (AvgIpc) is 2.89. The Balaban J connectivity index is 2.15. The number of ether oxygens (including phenoxy) is 4. The fourth-order valence-corrected chi connectivity index (χ4v) is 4.29. The standard InChI is InChI=1S/C27H40N4O9S/c1-7-12-37-18-27(17-31(11-14-39-27)25(34)40-26(4,5)6)24(33)30-19(3)16-29-23(32)21-15-20(41(28,35)36)9-10-22(21)38-13-8-2/h7-10,15,19H,1-2,11-14,16-18H2,3-6H3,(H,29,32)(H,30,33)(H2,28,35,36)/t19-,27?/m1/s1. The molecule has 1 aromatic carbocycles. The summed E-state index contributed by atoms with van der Waals surface area (Å²) in [5, 5.41) is 10.7. The summed E-state index contributed by atoms with van der Waals surface area (Å²) >= 11 is 0. The van der Waals surface area contributed by atoms with E-state index in [0.717, 1.165) is 6.07 Å². The van der Waals surface area contributed by atoms with Crippen LogP contribution in [0.4, 0.5) is 4.79 Å². The third kappa shape index (κ3) is 10.1. The fraction of sp³-hybridized carbons (Fsp3) is 0.519. The van der Waals surface area contributed by atoms with Gasteiger partial charge in [-0.2, -0.15) is 0 Å². The second-order valence-electron chi connectivity index (χ2n) is 10.4. The Hall–Kier alpha value is -3.46. The van der Waals surface area contributed by atoms with Crippen molar-refractivity contribution in [3.05, 3.63) is 49.1 Å². The van der Waals surface area contributed by atoms with Crippen LogP contribution < -0.4 is 20.5 Å². The molecule has 1 aliphatic rings. The summed E-state index contributed by atoms with van der Waals surface area (Å²) in [6.45, 7) is 14.3. The van der Waals surface area contributed by atoms with E-state index in [1.807, 2.05) is 0 Å². The van der Waals surface area contributed by atoms with E-state index in [0.29, 0.717) is 0 Å². The molecular weight excluding hydrogens is 556 g/mol. The zero-order valence-corrected chi connectivity index (χ0v) is 24.8. The van der Waals surface area contributed by atoms with E-state index in [1.54, 1.807) is 27.7 Å². The molecule has 2 atom stereocenters. The molecule has 0 bridgehead atoms. The highest BCUT2D eigenvalue weighted by molar-refractivity contribution is 7.89. The molecule has 228 valence electrons. The van der Waals surface area contributed by atoms with Gasteiger partial charge in [0.05, 0.1) is 36.8 Å². The number of carbonyl (C=O) groups excluding carboxylic acids is 3. The lowest BCUT2D eigenvalue weighted by atomic mass is 10.0. The quantitative estimate of drug-likeness (QED) is 0.224. The Bertz CT molecular complexity index is 1230. The van der Waals surface area contributed by atoms with Crippen LogP contribution >= 0.6 is 0 Å². The third-order valence-electron chi connectivity index (χ3n) is 5.65. The third-order valence-corrected chi connectivity index (χ3v) is 6.56. The SMILES string of the molecule is C=CCOCC1(C(=O)N[C@H](C)CNC(=O)c2cc(S(N)(=O)=O)ccc2OCC=C)CN(C(=O)OC(C)(C)C)CCO1. The maximum Gasteiger partial charge on any atom is 0.410 e. The molecule has 3 amide bonds. The Morgan fingerprint density at radius 3 is 2.51 bits per heavy atom. The van der Waals surface area contributed by atoms with Gasteiger partial charge in [-0.1, -0.05) is 18.7 Å². The molecule has 1 fully saturated rings. The number of hydrogen-bond donors (Lipinski definition) is 3. The molecule has 13 nitrogen and oxygen atoms in total. The largest absolute Gasteiger partial charge is 0.489 e. The molecule has 0 saturated carbocycles. The predicted molar refractivity (Wildman–Crippen MR) is 151 cm³/mol. The first-order valence-electron chi connectivity index (χ1n) is 12.9. The van der Waals surface area contributed by atoms with E-state index in [9.17, 15) is 22.8 Å². The van der Waals surface area contributed by atoms with Gasteiger partial charge in [0.15, 0.2) is 5.60 Å². The van der Waals surface area contributed by atoms with Gasteiger partial charge in [0.1, 0.15) is 18.0 Å². The van der Waals surface area contributed by atoms with E-state index in [-0.39, 0.29) is 62.3 Å². The van der Waals surface area contributed by atoms with Crippen LogP contribution in [0.5, 0.6) is 5.75 Å². The van der Waals surface area contributed by atoms with Crippen LogP contribution in [0, 0.1) is 0 Å². The Kier molecular flexibility index (Phi) is 11.9. The molecule has 0 aromatic heterocycles. The van der Waals surface area contributed by atoms with Gasteiger partial charge < -0.3 is 34.5 Å². The summed E-state index contributed by atoms with van der Waals surface area (Å²) in [6, 6.07) is 3.06. The average molecular weight is 597 g/mol.